The van der Waals surface area contributed by atoms with Crippen LogP contribution in [0.4, 0.5) is 0 Å². The van der Waals surface area contributed by atoms with Crippen LogP contribution in [0, 0.1) is 11.5 Å². The minimum Gasteiger partial charge on any atom is -0.413 e. The molecule has 21 heavy (non-hydrogen) atoms. The molecule has 0 aromatic carbocycles. The van der Waals surface area contributed by atoms with Crippen LogP contribution in [0.1, 0.15) is 33.6 Å². The summed E-state index contributed by atoms with van der Waals surface area (Å²) in [5.74, 6) is 3.34. The summed E-state index contributed by atoms with van der Waals surface area (Å²) in [6.45, 7) is 18.2. The topological polar surface area (TPSA) is 29.5 Å². The number of rotatable bonds is 6. The highest BCUT2D eigenvalue weighted by atomic mass is 28.4. The lowest BCUT2D eigenvalue weighted by molar-refractivity contribution is 0.188. The molecule has 0 spiro atoms. The van der Waals surface area contributed by atoms with E-state index in [0.29, 0.717) is 0 Å². The normalized spacial score (nSPS) is 14.9. The first-order chi connectivity index (χ1) is 9.39. The van der Waals surface area contributed by atoms with Crippen LogP contribution in [0.3, 0.4) is 0 Å². The van der Waals surface area contributed by atoms with Crippen molar-refractivity contribution >= 4 is 16.4 Å². The molecule has 0 aromatic heterocycles. The molecule has 0 radical (unpaired) electrons. The van der Waals surface area contributed by atoms with Gasteiger partial charge in [0.15, 0.2) is 8.32 Å². The largest absolute Gasteiger partial charge is 0.413 e. The maximum absolute atomic E-state index is 8.88. The first kappa shape index (κ1) is 20.7. The van der Waals surface area contributed by atoms with Crippen LogP contribution in [-0.4, -0.2) is 34.2 Å². The zero-order chi connectivity index (χ0) is 16.7. The second-order valence-corrected chi connectivity index (χ2v) is 17.7. The molecule has 2 nitrogen and oxygen atoms in total. The summed E-state index contributed by atoms with van der Waals surface area (Å²) < 4.78 is 6.48. The average molecular weight is 327 g/mol. The van der Waals surface area contributed by atoms with E-state index in [-0.39, 0.29) is 17.7 Å². The van der Waals surface area contributed by atoms with Gasteiger partial charge in [-0.3, -0.25) is 0 Å². The minimum atomic E-state index is -1.78. The molecule has 1 N–H and O–H groups in total. The lowest BCUT2D eigenvalue weighted by Gasteiger charge is -2.38. The lowest BCUT2D eigenvalue weighted by Crippen LogP contribution is -2.43. The number of aliphatic hydroxyl groups excluding tert-OH is 1. The average Bonchev–Trinajstić information content (AvgIpc) is 2.25. The Balaban J connectivity index is 4.89. The third-order valence-corrected chi connectivity index (χ3v) is 9.19. The van der Waals surface area contributed by atoms with Crippen molar-refractivity contribution in [2.75, 3.05) is 6.61 Å². The van der Waals surface area contributed by atoms with E-state index in [9.17, 15) is 0 Å². The van der Waals surface area contributed by atoms with Gasteiger partial charge >= 0.3 is 0 Å². The van der Waals surface area contributed by atoms with E-state index in [1.165, 1.54) is 0 Å². The molecule has 0 saturated carbocycles. The van der Waals surface area contributed by atoms with Crippen LogP contribution in [0.15, 0.2) is 12.2 Å². The number of aliphatic hydroxyl groups is 1. The monoisotopic (exact) mass is 326 g/mol. The smallest absolute Gasteiger partial charge is 0.192 e. The molecular formula is C17H34O2Si2. The summed E-state index contributed by atoms with van der Waals surface area (Å²) in [6, 6.07) is 0. The Bertz CT molecular complexity index is 390. The van der Waals surface area contributed by atoms with Gasteiger partial charge in [0, 0.05) is 6.42 Å². The van der Waals surface area contributed by atoms with Crippen LogP contribution in [-0.2, 0) is 4.43 Å². The van der Waals surface area contributed by atoms with Gasteiger partial charge in [-0.05, 0) is 24.6 Å². The van der Waals surface area contributed by atoms with Crippen LogP contribution < -0.4 is 0 Å². The standard InChI is InChI=1S/C17H34O2Si2/c1-17(2,3)21(7,8)19-16(12-9-10-14-18)13-11-15-20(4,5)6/h9-10,16,18H,12-14H2,1-8H3/b10-9+. The van der Waals surface area contributed by atoms with Crippen molar-refractivity contribution in [1.82, 2.24) is 0 Å². The van der Waals surface area contributed by atoms with E-state index in [4.69, 9.17) is 9.53 Å². The van der Waals surface area contributed by atoms with Crippen molar-refractivity contribution in [3.8, 4) is 11.5 Å². The zero-order valence-electron chi connectivity index (χ0n) is 15.2. The molecule has 0 fully saturated rings. The molecule has 0 rings (SSSR count). The van der Waals surface area contributed by atoms with Crippen molar-refractivity contribution in [2.24, 2.45) is 0 Å². The first-order valence-corrected chi connectivity index (χ1v) is 14.2. The Morgan fingerprint density at radius 2 is 1.67 bits per heavy atom. The molecule has 122 valence electrons. The van der Waals surface area contributed by atoms with E-state index < -0.39 is 16.4 Å². The molecule has 1 unspecified atom stereocenters. The second-order valence-electron chi connectivity index (χ2n) is 8.15. The molecule has 0 aromatic rings. The molecule has 0 heterocycles. The summed E-state index contributed by atoms with van der Waals surface area (Å²) in [7, 11) is -3.10. The van der Waals surface area contributed by atoms with Crippen LogP contribution in [0.5, 0.6) is 0 Å². The van der Waals surface area contributed by atoms with Gasteiger partial charge in [-0.15, -0.1) is 11.5 Å². The van der Waals surface area contributed by atoms with Crippen LogP contribution in [0.25, 0.3) is 0 Å². The van der Waals surface area contributed by atoms with Crippen LogP contribution in [0.2, 0.25) is 37.8 Å². The van der Waals surface area contributed by atoms with Gasteiger partial charge < -0.3 is 9.53 Å². The van der Waals surface area contributed by atoms with Gasteiger partial charge in [0.1, 0.15) is 8.07 Å². The predicted octanol–water partition coefficient (Wildman–Crippen LogP) is 4.59. The maximum atomic E-state index is 8.88. The van der Waals surface area contributed by atoms with E-state index >= 15 is 0 Å². The summed E-state index contributed by atoms with van der Waals surface area (Å²) in [6.07, 6.45) is 5.54. The molecular weight excluding hydrogens is 292 g/mol. The molecule has 1 atom stereocenters. The lowest BCUT2D eigenvalue weighted by atomic mass is 10.2. The van der Waals surface area contributed by atoms with Gasteiger partial charge in [0.05, 0.1) is 12.7 Å². The highest BCUT2D eigenvalue weighted by Gasteiger charge is 2.38. The molecule has 0 amide bonds. The van der Waals surface area contributed by atoms with Crippen molar-refractivity contribution < 1.29 is 9.53 Å². The Morgan fingerprint density at radius 3 is 2.10 bits per heavy atom. The van der Waals surface area contributed by atoms with E-state index in [1.54, 1.807) is 6.08 Å². The summed E-state index contributed by atoms with van der Waals surface area (Å²) in [5.41, 5.74) is 3.42. The highest BCUT2D eigenvalue weighted by molar-refractivity contribution is 6.83. The van der Waals surface area contributed by atoms with Crippen molar-refractivity contribution in [2.45, 2.75) is 77.5 Å². The predicted molar refractivity (Wildman–Crippen MR) is 98.7 cm³/mol. The van der Waals surface area contributed by atoms with E-state index in [2.05, 4.69) is 65.0 Å². The van der Waals surface area contributed by atoms with Gasteiger partial charge in [-0.2, -0.15) is 0 Å². The second kappa shape index (κ2) is 8.33. The van der Waals surface area contributed by atoms with Gasteiger partial charge in [0.25, 0.3) is 0 Å². The van der Waals surface area contributed by atoms with E-state index in [1.807, 2.05) is 6.08 Å². The van der Waals surface area contributed by atoms with Gasteiger partial charge in [-0.25, -0.2) is 0 Å². The third kappa shape index (κ3) is 9.31. The number of hydrogen-bond donors (Lipinski definition) is 1. The Kier molecular flexibility index (Phi) is 8.19. The SMILES string of the molecule is CC(C)(C)[Si](C)(C)OC(CC#C[Si](C)(C)C)C/C=C/CO. The van der Waals surface area contributed by atoms with Crippen molar-refractivity contribution in [1.29, 1.82) is 0 Å². The first-order valence-electron chi connectivity index (χ1n) is 7.83. The molecule has 0 aliphatic carbocycles. The van der Waals surface area contributed by atoms with Crippen molar-refractivity contribution in [3.05, 3.63) is 12.2 Å². The van der Waals surface area contributed by atoms with E-state index in [0.717, 1.165) is 12.8 Å². The summed E-state index contributed by atoms with van der Waals surface area (Å²) in [5, 5.41) is 9.09. The Hall–Kier alpha value is -0.346. The minimum absolute atomic E-state index is 0.0907. The van der Waals surface area contributed by atoms with Gasteiger partial charge in [0.2, 0.25) is 0 Å². The molecule has 0 aliphatic heterocycles. The van der Waals surface area contributed by atoms with Gasteiger partial charge in [-0.1, -0.05) is 52.6 Å². The fraction of sp³-hybridized carbons (Fsp3) is 0.765. The Morgan fingerprint density at radius 1 is 1.10 bits per heavy atom. The molecule has 0 aliphatic rings. The summed E-state index contributed by atoms with van der Waals surface area (Å²) >= 11 is 0. The zero-order valence-corrected chi connectivity index (χ0v) is 17.2. The van der Waals surface area contributed by atoms with Crippen molar-refractivity contribution in [3.63, 3.8) is 0 Å². The van der Waals surface area contributed by atoms with Crippen LogP contribution >= 0.6 is 0 Å². The number of hydrogen-bond acceptors (Lipinski definition) is 2. The molecule has 0 saturated heterocycles. The molecule has 4 heteroatoms. The maximum Gasteiger partial charge on any atom is 0.192 e. The third-order valence-electron chi connectivity index (χ3n) is 3.73. The Labute approximate surface area is 134 Å². The quantitative estimate of drug-likeness (QED) is 0.439. The molecule has 0 bridgehead atoms. The summed E-state index contributed by atoms with van der Waals surface area (Å²) in [4.78, 5) is 0. The highest BCUT2D eigenvalue weighted by Crippen LogP contribution is 2.38. The fourth-order valence-electron chi connectivity index (χ4n) is 1.52. The fourth-order valence-corrected chi connectivity index (χ4v) is 3.52.